The number of thioether (sulfide) groups is 1. The van der Waals surface area contributed by atoms with Crippen molar-refractivity contribution >= 4 is 46.3 Å². The lowest BCUT2D eigenvalue weighted by molar-refractivity contribution is -0.143. The SMILES string of the molecule is CCOC(=O)CCN1C(=O)/C(=C/c2ccc(OCC)c(OCC)c2)SC1=S. The van der Waals surface area contributed by atoms with Gasteiger partial charge in [0, 0.05) is 6.54 Å². The molecule has 1 saturated heterocycles. The molecule has 0 atom stereocenters. The molecule has 0 aliphatic carbocycles. The highest BCUT2D eigenvalue weighted by molar-refractivity contribution is 8.26. The molecule has 0 aromatic heterocycles. The zero-order valence-corrected chi connectivity index (χ0v) is 17.3. The van der Waals surface area contributed by atoms with Gasteiger partial charge in [-0.2, -0.15) is 0 Å². The zero-order valence-electron chi connectivity index (χ0n) is 15.6. The van der Waals surface area contributed by atoms with Crippen LogP contribution in [-0.2, 0) is 14.3 Å². The molecule has 6 nitrogen and oxygen atoms in total. The van der Waals surface area contributed by atoms with Gasteiger partial charge in [-0.25, -0.2) is 0 Å². The Labute approximate surface area is 168 Å². The van der Waals surface area contributed by atoms with E-state index < -0.39 is 0 Å². The number of rotatable bonds is 9. The molecule has 1 aliphatic rings. The molecule has 0 unspecified atom stereocenters. The van der Waals surface area contributed by atoms with Crippen molar-refractivity contribution in [1.82, 2.24) is 4.90 Å². The fourth-order valence-corrected chi connectivity index (χ4v) is 3.75. The normalized spacial score (nSPS) is 15.4. The van der Waals surface area contributed by atoms with E-state index in [9.17, 15) is 9.59 Å². The zero-order chi connectivity index (χ0) is 19.8. The van der Waals surface area contributed by atoms with Gasteiger partial charge in [0.05, 0.1) is 31.1 Å². The lowest BCUT2D eigenvalue weighted by Crippen LogP contribution is -2.30. The summed E-state index contributed by atoms with van der Waals surface area (Å²) < 4.78 is 16.5. The van der Waals surface area contributed by atoms with Gasteiger partial charge in [0.25, 0.3) is 5.91 Å². The summed E-state index contributed by atoms with van der Waals surface area (Å²) in [4.78, 5) is 26.1. The summed E-state index contributed by atoms with van der Waals surface area (Å²) in [6.07, 6.45) is 1.88. The van der Waals surface area contributed by atoms with Crippen molar-refractivity contribution in [1.29, 1.82) is 0 Å². The molecule has 1 aliphatic heterocycles. The van der Waals surface area contributed by atoms with E-state index in [1.54, 1.807) is 13.0 Å². The predicted octanol–water partition coefficient (Wildman–Crippen LogP) is 3.64. The number of esters is 1. The van der Waals surface area contributed by atoms with Crippen LogP contribution >= 0.6 is 24.0 Å². The fourth-order valence-electron chi connectivity index (χ4n) is 2.44. The average Bonchev–Trinajstić information content (AvgIpc) is 2.89. The summed E-state index contributed by atoms with van der Waals surface area (Å²) in [6, 6.07) is 5.51. The summed E-state index contributed by atoms with van der Waals surface area (Å²) >= 11 is 6.50. The molecule has 1 fully saturated rings. The number of benzene rings is 1. The molecular formula is C19H23NO5S2. The minimum Gasteiger partial charge on any atom is -0.490 e. The molecule has 8 heteroatoms. The highest BCUT2D eigenvalue weighted by Gasteiger charge is 2.32. The van der Waals surface area contributed by atoms with Gasteiger partial charge in [-0.3, -0.25) is 14.5 Å². The maximum absolute atomic E-state index is 12.6. The van der Waals surface area contributed by atoms with Crippen LogP contribution in [0.5, 0.6) is 11.5 Å². The van der Waals surface area contributed by atoms with Crippen LogP contribution in [0.3, 0.4) is 0 Å². The first-order chi connectivity index (χ1) is 13.0. The Morgan fingerprint density at radius 3 is 2.52 bits per heavy atom. The van der Waals surface area contributed by atoms with E-state index in [-0.39, 0.29) is 24.8 Å². The summed E-state index contributed by atoms with van der Waals surface area (Å²) in [7, 11) is 0. The Hall–Kier alpha value is -2.06. The van der Waals surface area contributed by atoms with Gasteiger partial charge in [0.2, 0.25) is 0 Å². The van der Waals surface area contributed by atoms with Crippen LogP contribution in [-0.4, -0.2) is 47.5 Å². The summed E-state index contributed by atoms with van der Waals surface area (Å²) in [6.45, 7) is 7.14. The van der Waals surface area contributed by atoms with Crippen LogP contribution in [0.25, 0.3) is 6.08 Å². The second-order valence-corrected chi connectivity index (χ2v) is 7.14. The van der Waals surface area contributed by atoms with Crippen molar-refractivity contribution < 1.29 is 23.8 Å². The first kappa shape index (κ1) is 21.2. The molecule has 0 N–H and O–H groups in total. The van der Waals surface area contributed by atoms with Gasteiger partial charge in [0.15, 0.2) is 11.5 Å². The Balaban J connectivity index is 2.14. The van der Waals surface area contributed by atoms with E-state index in [4.69, 9.17) is 26.4 Å². The summed E-state index contributed by atoms with van der Waals surface area (Å²) in [5, 5.41) is 0. The number of amides is 1. The number of nitrogens with zero attached hydrogens (tertiary/aromatic N) is 1. The van der Waals surface area contributed by atoms with Gasteiger partial charge in [-0.1, -0.05) is 30.0 Å². The molecule has 1 aromatic carbocycles. The third-order valence-electron chi connectivity index (χ3n) is 3.58. The van der Waals surface area contributed by atoms with Crippen molar-refractivity contribution in [3.8, 4) is 11.5 Å². The number of hydrogen-bond donors (Lipinski definition) is 0. The van der Waals surface area contributed by atoms with Gasteiger partial charge in [-0.05, 0) is 44.5 Å². The molecule has 0 saturated carbocycles. The Bertz CT molecular complexity index is 748. The minimum atomic E-state index is -0.344. The Morgan fingerprint density at radius 2 is 1.85 bits per heavy atom. The van der Waals surface area contributed by atoms with Gasteiger partial charge in [-0.15, -0.1) is 0 Å². The largest absolute Gasteiger partial charge is 0.490 e. The molecule has 0 bridgehead atoms. The van der Waals surface area contributed by atoms with E-state index in [1.165, 1.54) is 16.7 Å². The molecular weight excluding hydrogens is 386 g/mol. The number of carbonyl (C=O) groups is 2. The standard InChI is InChI=1S/C19H23NO5S2/c1-4-23-14-8-7-13(11-15(14)24-5-2)12-16-18(22)20(19(26)27-16)10-9-17(21)25-6-3/h7-8,11-12H,4-6,9-10H2,1-3H3/b16-12-. The minimum absolute atomic E-state index is 0.116. The van der Waals surface area contributed by atoms with Crippen LogP contribution < -0.4 is 9.47 Å². The fraction of sp³-hybridized carbons (Fsp3) is 0.421. The second-order valence-electron chi connectivity index (χ2n) is 5.46. The van der Waals surface area contributed by atoms with Crippen molar-refractivity contribution in [2.24, 2.45) is 0 Å². The van der Waals surface area contributed by atoms with E-state index in [0.29, 0.717) is 40.5 Å². The first-order valence-corrected chi connectivity index (χ1v) is 10.0. The molecule has 146 valence electrons. The summed E-state index contributed by atoms with van der Waals surface area (Å²) in [5.41, 5.74) is 0.813. The van der Waals surface area contributed by atoms with E-state index in [2.05, 4.69) is 0 Å². The quantitative estimate of drug-likeness (QED) is 0.350. The van der Waals surface area contributed by atoms with Crippen LogP contribution in [0.4, 0.5) is 0 Å². The molecule has 1 amide bonds. The average molecular weight is 410 g/mol. The van der Waals surface area contributed by atoms with Crippen LogP contribution in [0.2, 0.25) is 0 Å². The number of thiocarbonyl (C=S) groups is 1. The van der Waals surface area contributed by atoms with Crippen LogP contribution in [0.1, 0.15) is 32.8 Å². The number of carbonyl (C=O) groups excluding carboxylic acids is 2. The van der Waals surface area contributed by atoms with E-state index >= 15 is 0 Å². The topological polar surface area (TPSA) is 65.1 Å². The molecule has 1 heterocycles. The molecule has 27 heavy (non-hydrogen) atoms. The number of ether oxygens (including phenoxy) is 3. The maximum Gasteiger partial charge on any atom is 0.307 e. The van der Waals surface area contributed by atoms with Gasteiger partial charge < -0.3 is 14.2 Å². The third-order valence-corrected chi connectivity index (χ3v) is 4.96. The monoisotopic (exact) mass is 409 g/mol. The van der Waals surface area contributed by atoms with Crippen molar-refractivity contribution in [3.63, 3.8) is 0 Å². The maximum atomic E-state index is 12.6. The predicted molar refractivity (Wildman–Crippen MR) is 110 cm³/mol. The lowest BCUT2D eigenvalue weighted by Gasteiger charge is -2.13. The van der Waals surface area contributed by atoms with Crippen LogP contribution in [0, 0.1) is 0 Å². The lowest BCUT2D eigenvalue weighted by atomic mass is 10.2. The smallest absolute Gasteiger partial charge is 0.307 e. The molecule has 2 rings (SSSR count). The van der Waals surface area contributed by atoms with Crippen LogP contribution in [0.15, 0.2) is 23.1 Å². The Morgan fingerprint density at radius 1 is 1.15 bits per heavy atom. The Kier molecular flexibility index (Phi) is 8.12. The van der Waals surface area contributed by atoms with Gasteiger partial charge in [0.1, 0.15) is 4.32 Å². The van der Waals surface area contributed by atoms with E-state index in [0.717, 1.165) is 5.56 Å². The number of hydrogen-bond acceptors (Lipinski definition) is 7. The highest BCUT2D eigenvalue weighted by atomic mass is 32.2. The van der Waals surface area contributed by atoms with Gasteiger partial charge >= 0.3 is 5.97 Å². The van der Waals surface area contributed by atoms with Crippen molar-refractivity contribution in [2.45, 2.75) is 27.2 Å². The van der Waals surface area contributed by atoms with E-state index in [1.807, 2.05) is 32.0 Å². The van der Waals surface area contributed by atoms with Crippen molar-refractivity contribution in [2.75, 3.05) is 26.4 Å². The molecule has 0 radical (unpaired) electrons. The first-order valence-electron chi connectivity index (χ1n) is 8.80. The second kappa shape index (κ2) is 10.3. The molecule has 1 aromatic rings. The third kappa shape index (κ3) is 5.71. The van der Waals surface area contributed by atoms with Crippen molar-refractivity contribution in [3.05, 3.63) is 28.7 Å². The highest BCUT2D eigenvalue weighted by Crippen LogP contribution is 2.35. The summed E-state index contributed by atoms with van der Waals surface area (Å²) in [5.74, 6) is 0.744. The molecule has 0 spiro atoms.